The van der Waals surface area contributed by atoms with Gasteiger partial charge in [-0.15, -0.1) is 10.2 Å². The Morgan fingerprint density at radius 2 is 2.12 bits per heavy atom. The molecule has 1 atom stereocenters. The number of amides is 1. The summed E-state index contributed by atoms with van der Waals surface area (Å²) in [7, 11) is 0. The number of ether oxygens (including phenoxy) is 1. The Balaban J connectivity index is 2.60. The van der Waals surface area contributed by atoms with E-state index in [-0.39, 0.29) is 9.47 Å². The number of carbonyl (C=O) groups excluding carboxylic acids is 1. The molecule has 1 amide bonds. The fourth-order valence-electron chi connectivity index (χ4n) is 0.722. The number of nitrogens with one attached hydrogen (secondary N) is 1. The van der Waals surface area contributed by atoms with E-state index in [1.165, 1.54) is 0 Å². The van der Waals surface area contributed by atoms with Crippen LogP contribution in [0.5, 0.6) is 0 Å². The molecule has 0 aliphatic rings. The van der Waals surface area contributed by atoms with E-state index >= 15 is 0 Å². The van der Waals surface area contributed by atoms with Gasteiger partial charge in [0.2, 0.25) is 20.6 Å². The molecule has 0 aliphatic carbocycles. The number of hydrogen-bond donors (Lipinski definition) is 2. The van der Waals surface area contributed by atoms with Crippen molar-refractivity contribution in [2.24, 2.45) is 0 Å². The van der Waals surface area contributed by atoms with Crippen LogP contribution < -0.4 is 5.32 Å². The van der Waals surface area contributed by atoms with Crippen molar-refractivity contribution in [3.05, 3.63) is 0 Å². The van der Waals surface area contributed by atoms with Crippen molar-refractivity contribution >= 4 is 33.6 Å². The summed E-state index contributed by atoms with van der Waals surface area (Å²) in [4.78, 5) is 11.3. The molecule has 0 aromatic carbocycles. The molecule has 0 radical (unpaired) electrons. The van der Waals surface area contributed by atoms with Gasteiger partial charge in [0, 0.05) is 0 Å². The van der Waals surface area contributed by atoms with E-state index in [1.54, 1.807) is 20.8 Å². The topological polar surface area (TPSA) is 101 Å². The zero-order valence-corrected chi connectivity index (χ0v) is 10.5. The maximum Gasteiger partial charge on any atom is 0.414 e. The second kappa shape index (κ2) is 4.85. The third-order valence-electron chi connectivity index (χ3n) is 1.16. The molecule has 9 heteroatoms. The summed E-state index contributed by atoms with van der Waals surface area (Å²) in [6.45, 7) is 5.17. The molecule has 16 heavy (non-hydrogen) atoms. The van der Waals surface area contributed by atoms with Gasteiger partial charge in [-0.05, 0) is 20.8 Å². The maximum absolute atomic E-state index is 11.3. The van der Waals surface area contributed by atoms with Crippen molar-refractivity contribution in [2.45, 2.75) is 30.7 Å². The second-order valence-corrected chi connectivity index (χ2v) is 5.87. The normalized spacial score (nSPS) is 13.2. The van der Waals surface area contributed by atoms with Gasteiger partial charge in [-0.1, -0.05) is 11.3 Å². The van der Waals surface area contributed by atoms with Crippen LogP contribution in [0.15, 0.2) is 4.34 Å². The molecule has 0 saturated heterocycles. The van der Waals surface area contributed by atoms with Crippen molar-refractivity contribution in [3.63, 3.8) is 0 Å². The Bertz CT molecular complexity index is 412. The van der Waals surface area contributed by atoms with E-state index in [1.807, 2.05) is 0 Å². The first-order chi connectivity index (χ1) is 7.28. The van der Waals surface area contributed by atoms with Crippen molar-refractivity contribution in [1.82, 2.24) is 10.2 Å². The van der Waals surface area contributed by atoms with Crippen LogP contribution in [-0.4, -0.2) is 30.7 Å². The monoisotopic (exact) mass is 265 g/mol. The Labute approximate surface area is 98.5 Å². The summed E-state index contributed by atoms with van der Waals surface area (Å²) in [6, 6.07) is 0. The smallest absolute Gasteiger partial charge is 0.414 e. The molecule has 0 saturated carbocycles. The number of aromatic nitrogens is 2. The Morgan fingerprint density at radius 1 is 1.50 bits per heavy atom. The summed E-state index contributed by atoms with van der Waals surface area (Å²) in [5, 5.41) is 9.35. The van der Waals surface area contributed by atoms with Gasteiger partial charge in [-0.3, -0.25) is 5.32 Å². The molecule has 90 valence electrons. The van der Waals surface area contributed by atoms with Gasteiger partial charge in [-0.2, -0.15) is 0 Å². The average molecular weight is 265 g/mol. The third kappa shape index (κ3) is 4.21. The summed E-state index contributed by atoms with van der Waals surface area (Å²) >= 11 is -1.38. The standard InChI is InChI=1S/C7H11N3O4S2/c1-7(2,3)14-5(11)8-4-9-10-6(15-4)16(12)13/h1-3H3,(H,12,13)(H,8,9,11). The predicted molar refractivity (Wildman–Crippen MR) is 58.8 cm³/mol. The van der Waals surface area contributed by atoms with E-state index in [4.69, 9.17) is 9.29 Å². The summed E-state index contributed by atoms with van der Waals surface area (Å²) in [5.41, 5.74) is -0.614. The van der Waals surface area contributed by atoms with Crippen molar-refractivity contribution in [3.8, 4) is 0 Å². The van der Waals surface area contributed by atoms with Crippen LogP contribution in [0.3, 0.4) is 0 Å². The molecule has 1 aromatic heterocycles. The molecule has 1 unspecified atom stereocenters. The molecule has 0 bridgehead atoms. The zero-order chi connectivity index (χ0) is 12.3. The SMILES string of the molecule is CC(C)(C)OC(=O)Nc1nnc(S(=O)O)s1. The average Bonchev–Trinajstić information content (AvgIpc) is 2.48. The number of nitrogens with zero attached hydrogens (tertiary/aromatic N) is 2. The highest BCUT2D eigenvalue weighted by Gasteiger charge is 2.18. The van der Waals surface area contributed by atoms with Gasteiger partial charge in [0.25, 0.3) is 0 Å². The molecule has 1 aromatic rings. The first kappa shape index (κ1) is 13.0. The molecule has 1 rings (SSSR count). The molecule has 1 heterocycles. The van der Waals surface area contributed by atoms with E-state index in [0.29, 0.717) is 0 Å². The number of rotatable bonds is 2. The highest BCUT2D eigenvalue weighted by atomic mass is 32.2. The molecule has 7 nitrogen and oxygen atoms in total. The first-order valence-corrected chi connectivity index (χ1v) is 6.14. The van der Waals surface area contributed by atoms with Crippen molar-refractivity contribution in [2.75, 3.05) is 5.32 Å². The highest BCUT2D eigenvalue weighted by Crippen LogP contribution is 2.18. The van der Waals surface area contributed by atoms with Gasteiger partial charge in [0.1, 0.15) is 5.60 Å². The summed E-state index contributed by atoms with van der Waals surface area (Å²) < 4.78 is 24.2. The van der Waals surface area contributed by atoms with E-state index in [9.17, 15) is 9.00 Å². The lowest BCUT2D eigenvalue weighted by atomic mass is 10.2. The van der Waals surface area contributed by atoms with Gasteiger partial charge in [-0.25, -0.2) is 9.00 Å². The minimum absolute atomic E-state index is 0.0777. The quantitative estimate of drug-likeness (QED) is 0.620. The van der Waals surface area contributed by atoms with Crippen LogP contribution in [0.4, 0.5) is 9.93 Å². The highest BCUT2D eigenvalue weighted by molar-refractivity contribution is 7.81. The van der Waals surface area contributed by atoms with Crippen molar-refractivity contribution < 1.29 is 18.3 Å². The van der Waals surface area contributed by atoms with Gasteiger partial charge in [0.15, 0.2) is 0 Å². The third-order valence-corrected chi connectivity index (χ3v) is 2.86. The summed E-state index contributed by atoms with van der Waals surface area (Å²) in [5.74, 6) is 0. The lowest BCUT2D eigenvalue weighted by Gasteiger charge is -2.18. The van der Waals surface area contributed by atoms with Crippen LogP contribution in [0.25, 0.3) is 0 Å². The molecular weight excluding hydrogens is 254 g/mol. The van der Waals surface area contributed by atoms with Gasteiger partial charge >= 0.3 is 6.09 Å². The number of carbonyl (C=O) groups is 1. The van der Waals surface area contributed by atoms with Crippen molar-refractivity contribution in [1.29, 1.82) is 0 Å². The maximum atomic E-state index is 11.3. The fourth-order valence-corrected chi connectivity index (χ4v) is 1.82. The zero-order valence-electron chi connectivity index (χ0n) is 8.88. The van der Waals surface area contributed by atoms with Crippen LogP contribution >= 0.6 is 11.3 Å². The van der Waals surface area contributed by atoms with Gasteiger partial charge in [0.05, 0.1) is 0 Å². The van der Waals surface area contributed by atoms with E-state index in [0.717, 1.165) is 11.3 Å². The fraction of sp³-hybridized carbons (Fsp3) is 0.571. The molecular formula is C7H11N3O4S2. The first-order valence-electron chi connectivity index (χ1n) is 4.22. The van der Waals surface area contributed by atoms with Gasteiger partial charge < -0.3 is 9.29 Å². The molecule has 2 N–H and O–H groups in total. The van der Waals surface area contributed by atoms with E-state index < -0.39 is 22.8 Å². The Hall–Kier alpha value is -1.06. The van der Waals surface area contributed by atoms with E-state index in [2.05, 4.69) is 15.5 Å². The van der Waals surface area contributed by atoms with Crippen LogP contribution in [0, 0.1) is 0 Å². The summed E-state index contributed by atoms with van der Waals surface area (Å²) in [6.07, 6.45) is -0.682. The van der Waals surface area contributed by atoms with Crippen LogP contribution in [0.1, 0.15) is 20.8 Å². The van der Waals surface area contributed by atoms with Crippen LogP contribution in [0.2, 0.25) is 0 Å². The van der Waals surface area contributed by atoms with Crippen LogP contribution in [-0.2, 0) is 15.8 Å². The minimum atomic E-state index is -2.19. The lowest BCUT2D eigenvalue weighted by Crippen LogP contribution is -2.27. The lowest BCUT2D eigenvalue weighted by molar-refractivity contribution is 0.0636. The molecule has 0 aliphatic heterocycles. The number of hydrogen-bond acceptors (Lipinski definition) is 6. The second-order valence-electron chi connectivity index (χ2n) is 3.75. The molecule has 0 spiro atoms. The Morgan fingerprint density at radius 3 is 2.56 bits per heavy atom. The largest absolute Gasteiger partial charge is 0.444 e. The Kier molecular flexibility index (Phi) is 3.94. The predicted octanol–water partition coefficient (Wildman–Crippen LogP) is 1.47. The minimum Gasteiger partial charge on any atom is -0.444 e. The number of anilines is 1. The molecule has 0 fully saturated rings.